The van der Waals surface area contributed by atoms with E-state index in [0.29, 0.717) is 4.88 Å². The molecule has 1 aromatic carbocycles. The topological polar surface area (TPSA) is 83.7 Å². The number of nitrogens with zero attached hydrogens (tertiary/aromatic N) is 2. The van der Waals surface area contributed by atoms with Gasteiger partial charge in [0.15, 0.2) is 0 Å². The molecule has 0 saturated heterocycles. The minimum absolute atomic E-state index is 0.0149. The van der Waals surface area contributed by atoms with Crippen molar-refractivity contribution in [2.75, 3.05) is 20.2 Å². The quantitative estimate of drug-likeness (QED) is 0.692. The lowest BCUT2D eigenvalue weighted by Crippen LogP contribution is -2.29. The first-order valence-corrected chi connectivity index (χ1v) is 6.81. The number of fused-ring (bicyclic) bond motifs is 1. The Hall–Kier alpha value is -1.99. The molecule has 0 aliphatic carbocycles. The van der Waals surface area contributed by atoms with E-state index in [4.69, 9.17) is 5.11 Å². The van der Waals surface area contributed by atoms with Crippen molar-refractivity contribution in [1.82, 2.24) is 4.90 Å². The van der Waals surface area contributed by atoms with Gasteiger partial charge in [-0.1, -0.05) is 0 Å². The fraction of sp³-hybridized carbons (Fsp3) is 0.308. The van der Waals surface area contributed by atoms with Gasteiger partial charge in [0, 0.05) is 35.8 Å². The maximum absolute atomic E-state index is 12.2. The Morgan fingerprint density at radius 1 is 1.50 bits per heavy atom. The second-order valence-electron chi connectivity index (χ2n) is 4.44. The molecule has 0 aliphatic rings. The zero-order valence-electron chi connectivity index (χ0n) is 11.1. The molecule has 0 spiro atoms. The summed E-state index contributed by atoms with van der Waals surface area (Å²) < 4.78 is 0.842. The minimum Gasteiger partial charge on any atom is -0.395 e. The van der Waals surface area contributed by atoms with Gasteiger partial charge in [0.05, 0.1) is 16.4 Å². The van der Waals surface area contributed by atoms with Gasteiger partial charge in [-0.2, -0.15) is 0 Å². The average Bonchev–Trinajstić information content (AvgIpc) is 2.75. The van der Waals surface area contributed by atoms with E-state index in [1.54, 1.807) is 20.0 Å². The summed E-state index contributed by atoms with van der Waals surface area (Å²) in [5, 5.41) is 20.4. The fourth-order valence-electron chi connectivity index (χ4n) is 1.95. The predicted molar refractivity (Wildman–Crippen MR) is 77.3 cm³/mol. The van der Waals surface area contributed by atoms with Gasteiger partial charge in [-0.15, -0.1) is 11.3 Å². The van der Waals surface area contributed by atoms with Crippen molar-refractivity contribution in [3.05, 3.63) is 38.8 Å². The van der Waals surface area contributed by atoms with E-state index >= 15 is 0 Å². The van der Waals surface area contributed by atoms with Crippen LogP contribution in [0, 0.1) is 17.0 Å². The third-order valence-electron chi connectivity index (χ3n) is 3.11. The average molecular weight is 294 g/mol. The maximum Gasteiger partial charge on any atom is 0.270 e. The number of amides is 1. The molecule has 2 aromatic rings. The standard InChI is InChI=1S/C13H14N2O4S/c1-8-10-7-9(15(18)19)3-4-11(10)20-12(8)13(17)14(2)5-6-16/h3-4,7,16H,5-6H2,1-2H3. The van der Waals surface area contributed by atoms with Gasteiger partial charge < -0.3 is 10.0 Å². The molecule has 0 fully saturated rings. The van der Waals surface area contributed by atoms with Gasteiger partial charge in [-0.3, -0.25) is 14.9 Å². The van der Waals surface area contributed by atoms with E-state index in [1.807, 2.05) is 0 Å². The van der Waals surface area contributed by atoms with E-state index in [0.717, 1.165) is 15.6 Å². The summed E-state index contributed by atoms with van der Waals surface area (Å²) in [5.74, 6) is -0.180. The third-order valence-corrected chi connectivity index (χ3v) is 4.37. The number of rotatable bonds is 4. The summed E-state index contributed by atoms with van der Waals surface area (Å²) in [4.78, 5) is 24.6. The summed E-state index contributed by atoms with van der Waals surface area (Å²) in [6, 6.07) is 4.59. The highest BCUT2D eigenvalue weighted by Gasteiger charge is 2.20. The van der Waals surface area contributed by atoms with Crippen LogP contribution >= 0.6 is 11.3 Å². The fourth-order valence-corrected chi connectivity index (χ4v) is 3.14. The Labute approximate surface area is 119 Å². The van der Waals surface area contributed by atoms with Crippen molar-refractivity contribution in [1.29, 1.82) is 0 Å². The van der Waals surface area contributed by atoms with Gasteiger partial charge in [0.25, 0.3) is 11.6 Å². The lowest BCUT2D eigenvalue weighted by molar-refractivity contribution is -0.384. The first kappa shape index (κ1) is 14.4. The maximum atomic E-state index is 12.2. The lowest BCUT2D eigenvalue weighted by atomic mass is 10.1. The first-order valence-electron chi connectivity index (χ1n) is 5.99. The second kappa shape index (κ2) is 5.56. The van der Waals surface area contributed by atoms with Crippen LogP contribution in [0.4, 0.5) is 5.69 Å². The molecule has 0 unspecified atom stereocenters. The molecular weight excluding hydrogens is 280 g/mol. The van der Waals surface area contributed by atoms with E-state index in [9.17, 15) is 14.9 Å². The van der Waals surface area contributed by atoms with Crippen LogP contribution in [0.15, 0.2) is 18.2 Å². The van der Waals surface area contributed by atoms with Crippen LogP contribution in [0.2, 0.25) is 0 Å². The molecule has 106 valence electrons. The Kier molecular flexibility index (Phi) is 4.01. The molecule has 0 aliphatic heterocycles. The van der Waals surface area contributed by atoms with Crippen molar-refractivity contribution in [2.45, 2.75) is 6.92 Å². The highest BCUT2D eigenvalue weighted by Crippen LogP contribution is 2.33. The van der Waals surface area contributed by atoms with Gasteiger partial charge in [0.2, 0.25) is 0 Å². The predicted octanol–water partition coefficient (Wildman–Crippen LogP) is 2.18. The molecule has 20 heavy (non-hydrogen) atoms. The summed E-state index contributed by atoms with van der Waals surface area (Å²) in [6.45, 7) is 1.94. The van der Waals surface area contributed by atoms with Crippen molar-refractivity contribution in [2.24, 2.45) is 0 Å². The number of likely N-dealkylation sites (N-methyl/N-ethyl adjacent to an activating group) is 1. The zero-order valence-corrected chi connectivity index (χ0v) is 11.9. The van der Waals surface area contributed by atoms with Crippen LogP contribution in [0.5, 0.6) is 0 Å². The summed E-state index contributed by atoms with van der Waals surface area (Å²) in [7, 11) is 1.62. The van der Waals surface area contributed by atoms with Crippen LogP contribution in [-0.2, 0) is 0 Å². The SMILES string of the molecule is Cc1c(C(=O)N(C)CCO)sc2ccc([N+](=O)[O-])cc12. The molecule has 1 aromatic heterocycles. The van der Waals surface area contributed by atoms with Crippen LogP contribution in [-0.4, -0.2) is 41.0 Å². The second-order valence-corrected chi connectivity index (χ2v) is 5.50. The van der Waals surface area contributed by atoms with Crippen LogP contribution in [0.1, 0.15) is 15.2 Å². The zero-order chi connectivity index (χ0) is 14.9. The number of aryl methyl sites for hydroxylation is 1. The highest BCUT2D eigenvalue weighted by atomic mass is 32.1. The van der Waals surface area contributed by atoms with Gasteiger partial charge in [-0.25, -0.2) is 0 Å². The molecule has 0 radical (unpaired) electrons. The normalized spacial score (nSPS) is 10.8. The first-order chi connectivity index (χ1) is 9.45. The molecule has 0 bridgehead atoms. The molecule has 1 amide bonds. The largest absolute Gasteiger partial charge is 0.395 e. The highest BCUT2D eigenvalue weighted by molar-refractivity contribution is 7.21. The Morgan fingerprint density at radius 3 is 2.80 bits per heavy atom. The number of nitro benzene ring substituents is 1. The Bertz CT molecular complexity index is 680. The van der Waals surface area contributed by atoms with Gasteiger partial charge in [-0.05, 0) is 18.6 Å². The number of carbonyl (C=O) groups is 1. The number of non-ortho nitro benzene ring substituents is 1. The van der Waals surface area contributed by atoms with Crippen molar-refractivity contribution in [3.8, 4) is 0 Å². The summed E-state index contributed by atoms with van der Waals surface area (Å²) in [5.41, 5.74) is 0.754. The van der Waals surface area contributed by atoms with Crippen molar-refractivity contribution in [3.63, 3.8) is 0 Å². The number of thiophene rings is 1. The van der Waals surface area contributed by atoms with Gasteiger partial charge in [0.1, 0.15) is 0 Å². The number of aliphatic hydroxyl groups excluding tert-OH is 1. The number of carbonyl (C=O) groups excluding carboxylic acids is 1. The molecule has 6 nitrogen and oxygen atoms in total. The number of benzene rings is 1. The molecule has 1 heterocycles. The van der Waals surface area contributed by atoms with Crippen LogP contribution < -0.4 is 0 Å². The van der Waals surface area contributed by atoms with E-state index in [-0.39, 0.29) is 24.7 Å². The van der Waals surface area contributed by atoms with Crippen molar-refractivity contribution >= 4 is 33.0 Å². The van der Waals surface area contributed by atoms with E-state index < -0.39 is 4.92 Å². The third kappa shape index (κ3) is 2.50. The molecule has 0 atom stereocenters. The van der Waals surface area contributed by atoms with Crippen LogP contribution in [0.25, 0.3) is 10.1 Å². The summed E-state index contributed by atoms with van der Waals surface area (Å²) >= 11 is 1.31. The van der Waals surface area contributed by atoms with Crippen LogP contribution in [0.3, 0.4) is 0 Å². The molecule has 2 rings (SSSR count). The smallest absolute Gasteiger partial charge is 0.270 e. The monoisotopic (exact) mass is 294 g/mol. The Morgan fingerprint density at radius 2 is 2.20 bits per heavy atom. The number of hydrogen-bond donors (Lipinski definition) is 1. The number of hydrogen-bond acceptors (Lipinski definition) is 5. The minimum atomic E-state index is -0.448. The lowest BCUT2D eigenvalue weighted by Gasteiger charge is -2.14. The van der Waals surface area contributed by atoms with Gasteiger partial charge >= 0.3 is 0 Å². The summed E-state index contributed by atoms with van der Waals surface area (Å²) in [6.07, 6.45) is 0. The molecule has 0 saturated carbocycles. The molecule has 1 N–H and O–H groups in total. The number of aliphatic hydroxyl groups is 1. The molecular formula is C13H14N2O4S. The van der Waals surface area contributed by atoms with E-state index in [2.05, 4.69) is 0 Å². The van der Waals surface area contributed by atoms with Crippen molar-refractivity contribution < 1.29 is 14.8 Å². The number of nitro groups is 1. The van der Waals surface area contributed by atoms with E-state index in [1.165, 1.54) is 28.4 Å². The molecule has 7 heteroatoms. The Balaban J connectivity index is 2.48.